The van der Waals surface area contributed by atoms with E-state index in [4.69, 9.17) is 4.74 Å². The molecule has 1 aromatic rings. The third kappa shape index (κ3) is 3.53. The van der Waals surface area contributed by atoms with E-state index < -0.39 is 0 Å². The van der Waals surface area contributed by atoms with Crippen LogP contribution in [0.2, 0.25) is 0 Å². The first-order valence-electron chi connectivity index (χ1n) is 7.44. The van der Waals surface area contributed by atoms with Crippen molar-refractivity contribution in [3.05, 3.63) is 35.4 Å². The van der Waals surface area contributed by atoms with E-state index in [9.17, 15) is 0 Å². The molecule has 2 atom stereocenters. The van der Waals surface area contributed by atoms with Crippen molar-refractivity contribution >= 4 is 11.8 Å². The number of hydrogen-bond acceptors (Lipinski definition) is 3. The number of rotatable bonds is 4. The minimum atomic E-state index is 0.493. The van der Waals surface area contributed by atoms with E-state index in [1.807, 2.05) is 11.8 Å². The summed E-state index contributed by atoms with van der Waals surface area (Å²) in [7, 11) is 0. The van der Waals surface area contributed by atoms with Crippen LogP contribution in [0.25, 0.3) is 0 Å². The maximum absolute atomic E-state index is 5.79. The van der Waals surface area contributed by atoms with E-state index in [1.54, 1.807) is 0 Å². The van der Waals surface area contributed by atoms with Crippen LogP contribution in [0, 0.1) is 0 Å². The Balaban J connectivity index is 1.50. The quantitative estimate of drug-likeness (QED) is 0.910. The molecule has 3 heteroatoms. The molecular weight excluding hydrogens is 254 g/mol. The molecule has 1 aromatic carbocycles. The Morgan fingerprint density at radius 2 is 2.21 bits per heavy atom. The van der Waals surface area contributed by atoms with E-state index in [1.165, 1.54) is 41.9 Å². The number of ether oxygens (including phenoxy) is 1. The molecule has 0 bridgehead atoms. The van der Waals surface area contributed by atoms with Gasteiger partial charge in [-0.15, -0.1) is 0 Å². The summed E-state index contributed by atoms with van der Waals surface area (Å²) in [5, 5.41) is 3.72. The van der Waals surface area contributed by atoms with E-state index in [0.717, 1.165) is 19.6 Å². The van der Waals surface area contributed by atoms with Crippen molar-refractivity contribution in [3.63, 3.8) is 0 Å². The Morgan fingerprint density at radius 3 is 3.11 bits per heavy atom. The van der Waals surface area contributed by atoms with Crippen LogP contribution >= 0.6 is 11.8 Å². The molecule has 104 valence electrons. The molecule has 2 aliphatic rings. The highest BCUT2D eigenvalue weighted by Gasteiger charge is 2.20. The van der Waals surface area contributed by atoms with Gasteiger partial charge in [0.1, 0.15) is 0 Å². The summed E-state index contributed by atoms with van der Waals surface area (Å²) < 4.78 is 5.79. The number of nitrogens with one attached hydrogen (secondary N) is 1. The van der Waals surface area contributed by atoms with Gasteiger partial charge in [0.2, 0.25) is 0 Å². The molecule has 1 N–H and O–H groups in total. The van der Waals surface area contributed by atoms with Crippen LogP contribution in [-0.4, -0.2) is 25.0 Å². The summed E-state index contributed by atoms with van der Waals surface area (Å²) in [5.74, 6) is 2.36. The molecule has 0 radical (unpaired) electrons. The molecule has 0 aliphatic carbocycles. The normalized spacial score (nSPS) is 26.9. The lowest BCUT2D eigenvalue weighted by atomic mass is 10.0. The minimum Gasteiger partial charge on any atom is -0.378 e. The molecule has 2 aliphatic heterocycles. The Kier molecular flexibility index (Phi) is 4.81. The average Bonchev–Trinajstić information content (AvgIpc) is 2.49. The molecule has 0 spiro atoms. The van der Waals surface area contributed by atoms with Crippen LogP contribution in [0.1, 0.15) is 42.9 Å². The fourth-order valence-corrected chi connectivity index (χ4v) is 4.14. The van der Waals surface area contributed by atoms with E-state index in [0.29, 0.717) is 12.1 Å². The Bertz CT molecular complexity index is 403. The molecule has 1 fully saturated rings. The number of hydrogen-bond donors (Lipinski definition) is 1. The summed E-state index contributed by atoms with van der Waals surface area (Å²) >= 11 is 2.04. The van der Waals surface area contributed by atoms with Crippen molar-refractivity contribution in [3.8, 4) is 0 Å². The van der Waals surface area contributed by atoms with Gasteiger partial charge in [-0.25, -0.2) is 0 Å². The van der Waals surface area contributed by atoms with E-state index >= 15 is 0 Å². The summed E-state index contributed by atoms with van der Waals surface area (Å²) in [5.41, 5.74) is 3.01. The summed E-state index contributed by atoms with van der Waals surface area (Å²) in [6.07, 6.45) is 5.48. The van der Waals surface area contributed by atoms with Crippen LogP contribution in [0.5, 0.6) is 0 Å². The van der Waals surface area contributed by atoms with Gasteiger partial charge in [0.15, 0.2) is 0 Å². The number of fused-ring (bicyclic) bond motifs is 1. The molecule has 19 heavy (non-hydrogen) atoms. The highest BCUT2D eigenvalue weighted by molar-refractivity contribution is 7.98. The van der Waals surface area contributed by atoms with Gasteiger partial charge in [-0.05, 0) is 43.4 Å². The summed E-state index contributed by atoms with van der Waals surface area (Å²) in [6.45, 7) is 2.04. The predicted octanol–water partition coefficient (Wildman–Crippen LogP) is 3.52. The number of benzene rings is 1. The Labute approximate surface area is 120 Å². The fourth-order valence-electron chi connectivity index (χ4n) is 3.00. The molecule has 1 saturated heterocycles. The van der Waals surface area contributed by atoms with Gasteiger partial charge in [0.25, 0.3) is 0 Å². The summed E-state index contributed by atoms with van der Waals surface area (Å²) in [6, 6.07) is 9.38. The van der Waals surface area contributed by atoms with Crippen LogP contribution < -0.4 is 5.32 Å². The average molecular weight is 277 g/mol. The van der Waals surface area contributed by atoms with Gasteiger partial charge in [-0.2, -0.15) is 11.8 Å². The van der Waals surface area contributed by atoms with Crippen molar-refractivity contribution in [2.24, 2.45) is 0 Å². The summed E-state index contributed by atoms with van der Waals surface area (Å²) in [4.78, 5) is 0. The molecule has 2 heterocycles. The van der Waals surface area contributed by atoms with E-state index in [-0.39, 0.29) is 0 Å². The highest BCUT2D eigenvalue weighted by Crippen LogP contribution is 2.31. The third-order valence-corrected chi connectivity index (χ3v) is 5.19. The molecule has 0 saturated carbocycles. The Hall–Kier alpha value is -0.510. The maximum atomic E-state index is 5.79. The first kappa shape index (κ1) is 13.5. The van der Waals surface area contributed by atoms with Gasteiger partial charge in [-0.3, -0.25) is 0 Å². The molecule has 0 amide bonds. The topological polar surface area (TPSA) is 21.3 Å². The van der Waals surface area contributed by atoms with Crippen LogP contribution in [0.4, 0.5) is 0 Å². The van der Waals surface area contributed by atoms with Crippen molar-refractivity contribution in [1.82, 2.24) is 5.32 Å². The SMILES string of the molecule is c1ccc2c(c1)CSCC2NCCC1CCCCO1. The number of thioether (sulfide) groups is 1. The molecule has 2 unspecified atom stereocenters. The molecule has 2 nitrogen and oxygen atoms in total. The van der Waals surface area contributed by atoms with Gasteiger partial charge >= 0.3 is 0 Å². The zero-order chi connectivity index (χ0) is 12.9. The van der Waals surface area contributed by atoms with Crippen LogP contribution in [-0.2, 0) is 10.5 Å². The van der Waals surface area contributed by atoms with Crippen molar-refractivity contribution < 1.29 is 4.74 Å². The smallest absolute Gasteiger partial charge is 0.0587 e. The largest absolute Gasteiger partial charge is 0.378 e. The lowest BCUT2D eigenvalue weighted by Crippen LogP contribution is -2.30. The lowest BCUT2D eigenvalue weighted by molar-refractivity contribution is 0.0113. The van der Waals surface area contributed by atoms with E-state index in [2.05, 4.69) is 29.6 Å². The highest BCUT2D eigenvalue weighted by atomic mass is 32.2. The van der Waals surface area contributed by atoms with Crippen molar-refractivity contribution in [2.75, 3.05) is 18.9 Å². The standard InChI is InChI=1S/C16H23NOS/c1-2-7-15-13(5-1)11-19-12-16(15)17-9-8-14-6-3-4-10-18-14/h1-2,5,7,14,16-17H,3-4,6,8-12H2. The lowest BCUT2D eigenvalue weighted by Gasteiger charge is -2.28. The van der Waals surface area contributed by atoms with Crippen molar-refractivity contribution in [1.29, 1.82) is 0 Å². The zero-order valence-corrected chi connectivity index (χ0v) is 12.3. The van der Waals surface area contributed by atoms with Crippen LogP contribution in [0.3, 0.4) is 0 Å². The van der Waals surface area contributed by atoms with Crippen molar-refractivity contribution in [2.45, 2.75) is 43.6 Å². The zero-order valence-electron chi connectivity index (χ0n) is 11.4. The van der Waals surface area contributed by atoms with Gasteiger partial charge in [0, 0.05) is 24.2 Å². The van der Waals surface area contributed by atoms with Gasteiger partial charge in [0.05, 0.1) is 6.10 Å². The molecule has 0 aromatic heterocycles. The fraction of sp³-hybridized carbons (Fsp3) is 0.625. The van der Waals surface area contributed by atoms with Gasteiger partial charge in [-0.1, -0.05) is 24.3 Å². The second kappa shape index (κ2) is 6.78. The minimum absolute atomic E-state index is 0.493. The molecular formula is C16H23NOS. The maximum Gasteiger partial charge on any atom is 0.0587 e. The molecule has 3 rings (SSSR count). The Morgan fingerprint density at radius 1 is 1.26 bits per heavy atom. The predicted molar refractivity (Wildman–Crippen MR) is 81.6 cm³/mol. The second-order valence-electron chi connectivity index (χ2n) is 5.50. The monoisotopic (exact) mass is 277 g/mol. The first-order chi connectivity index (χ1) is 9.43. The third-order valence-electron chi connectivity index (χ3n) is 4.10. The second-order valence-corrected chi connectivity index (χ2v) is 6.53. The first-order valence-corrected chi connectivity index (χ1v) is 8.59. The van der Waals surface area contributed by atoms with Crippen LogP contribution in [0.15, 0.2) is 24.3 Å². The van der Waals surface area contributed by atoms with Gasteiger partial charge < -0.3 is 10.1 Å².